The van der Waals surface area contributed by atoms with Crippen LogP contribution in [-0.2, 0) is 13.1 Å². The first-order valence-corrected chi connectivity index (χ1v) is 7.97. The molecule has 6 nitrogen and oxygen atoms in total. The van der Waals surface area contributed by atoms with Crippen molar-refractivity contribution in [2.45, 2.75) is 13.1 Å². The Kier molecular flexibility index (Phi) is 3.51. The van der Waals surface area contributed by atoms with Crippen molar-refractivity contribution in [2.75, 3.05) is 0 Å². The summed E-state index contributed by atoms with van der Waals surface area (Å²) in [6.07, 6.45) is 1.77. The van der Waals surface area contributed by atoms with E-state index in [0.717, 1.165) is 38.8 Å². The van der Waals surface area contributed by atoms with Gasteiger partial charge in [-0.25, -0.2) is 0 Å². The number of hydrogen-bond acceptors (Lipinski definition) is 5. The van der Waals surface area contributed by atoms with Gasteiger partial charge in [0.2, 0.25) is 0 Å². The minimum atomic E-state index is 0.317. The SMILES string of the molecule is NCc1nnc2n1-c1cccc(Br)c1C(c1ccccn1)=NC2. The number of fused-ring (bicyclic) bond motifs is 3. The predicted molar refractivity (Wildman–Crippen MR) is 90.5 cm³/mol. The Labute approximate surface area is 141 Å². The van der Waals surface area contributed by atoms with Gasteiger partial charge in [-0.05, 0) is 24.3 Å². The van der Waals surface area contributed by atoms with Crippen LogP contribution in [0.15, 0.2) is 52.1 Å². The summed E-state index contributed by atoms with van der Waals surface area (Å²) in [5.74, 6) is 1.49. The van der Waals surface area contributed by atoms with Gasteiger partial charge >= 0.3 is 0 Å². The first kappa shape index (κ1) is 14.2. The van der Waals surface area contributed by atoms with Crippen LogP contribution in [0.25, 0.3) is 5.69 Å². The summed E-state index contributed by atoms with van der Waals surface area (Å²) < 4.78 is 2.93. The number of aliphatic imine (C=N–C) groups is 1. The summed E-state index contributed by atoms with van der Waals surface area (Å²) in [5.41, 5.74) is 9.42. The van der Waals surface area contributed by atoms with Crippen molar-refractivity contribution < 1.29 is 0 Å². The molecule has 3 heterocycles. The summed E-state index contributed by atoms with van der Waals surface area (Å²) >= 11 is 3.65. The number of pyridine rings is 1. The molecule has 2 aromatic heterocycles. The zero-order valence-corrected chi connectivity index (χ0v) is 13.7. The van der Waals surface area contributed by atoms with Crippen molar-refractivity contribution in [1.29, 1.82) is 0 Å². The van der Waals surface area contributed by atoms with E-state index in [-0.39, 0.29) is 0 Å². The van der Waals surface area contributed by atoms with Crippen LogP contribution in [0.1, 0.15) is 22.9 Å². The third-order valence-corrected chi connectivity index (χ3v) is 4.40. The van der Waals surface area contributed by atoms with Gasteiger partial charge in [0.15, 0.2) is 11.6 Å². The first-order valence-electron chi connectivity index (χ1n) is 7.18. The molecule has 0 bridgehead atoms. The van der Waals surface area contributed by atoms with E-state index < -0.39 is 0 Å². The van der Waals surface area contributed by atoms with Gasteiger partial charge in [0.05, 0.1) is 23.6 Å². The fourth-order valence-corrected chi connectivity index (χ4v) is 3.28. The largest absolute Gasteiger partial charge is 0.324 e. The van der Waals surface area contributed by atoms with E-state index >= 15 is 0 Å². The van der Waals surface area contributed by atoms with E-state index in [1.54, 1.807) is 6.20 Å². The third kappa shape index (κ3) is 2.29. The van der Waals surface area contributed by atoms with Crippen molar-refractivity contribution in [2.24, 2.45) is 10.7 Å². The van der Waals surface area contributed by atoms with Crippen LogP contribution in [0, 0.1) is 0 Å². The summed E-state index contributed by atoms with van der Waals surface area (Å²) in [6.45, 7) is 0.748. The van der Waals surface area contributed by atoms with Crippen LogP contribution in [0.5, 0.6) is 0 Å². The molecule has 0 unspecified atom stereocenters. The molecule has 4 rings (SSSR count). The van der Waals surface area contributed by atoms with Gasteiger partial charge in [-0.1, -0.05) is 28.1 Å². The first-order chi connectivity index (χ1) is 11.3. The number of nitrogens with zero attached hydrogens (tertiary/aromatic N) is 5. The number of benzene rings is 1. The van der Waals surface area contributed by atoms with E-state index in [0.29, 0.717) is 13.1 Å². The number of halogens is 1. The molecule has 23 heavy (non-hydrogen) atoms. The highest BCUT2D eigenvalue weighted by Gasteiger charge is 2.24. The predicted octanol–water partition coefficient (Wildman–Crippen LogP) is 2.23. The maximum Gasteiger partial charge on any atom is 0.159 e. The Hall–Kier alpha value is -2.38. The Morgan fingerprint density at radius 2 is 2.04 bits per heavy atom. The number of nitrogens with two attached hydrogens (primary N) is 1. The molecule has 2 N–H and O–H groups in total. The van der Waals surface area contributed by atoms with Gasteiger partial charge in [-0.3, -0.25) is 14.5 Å². The lowest BCUT2D eigenvalue weighted by atomic mass is 10.0. The lowest BCUT2D eigenvalue weighted by molar-refractivity contribution is 0.828. The van der Waals surface area contributed by atoms with Crippen molar-refractivity contribution in [1.82, 2.24) is 19.7 Å². The molecule has 7 heteroatoms. The molecular weight excluding hydrogens is 356 g/mol. The molecule has 0 fully saturated rings. The van der Waals surface area contributed by atoms with Gasteiger partial charge in [0.25, 0.3) is 0 Å². The average molecular weight is 369 g/mol. The minimum Gasteiger partial charge on any atom is -0.324 e. The van der Waals surface area contributed by atoms with E-state index in [4.69, 9.17) is 10.7 Å². The second-order valence-electron chi connectivity index (χ2n) is 5.09. The van der Waals surface area contributed by atoms with Crippen LogP contribution < -0.4 is 5.73 Å². The summed E-state index contributed by atoms with van der Waals surface area (Å²) in [7, 11) is 0. The zero-order chi connectivity index (χ0) is 15.8. The normalized spacial score (nSPS) is 13.0. The molecular formula is C16H13BrN6. The number of rotatable bonds is 2. The van der Waals surface area contributed by atoms with Crippen molar-refractivity contribution in [3.8, 4) is 5.69 Å². The molecule has 0 saturated heterocycles. The molecule has 1 aliphatic heterocycles. The molecule has 114 valence electrons. The second-order valence-corrected chi connectivity index (χ2v) is 5.94. The van der Waals surface area contributed by atoms with Crippen LogP contribution >= 0.6 is 15.9 Å². The lowest BCUT2D eigenvalue weighted by Crippen LogP contribution is -2.13. The summed E-state index contributed by atoms with van der Waals surface area (Å²) in [5, 5.41) is 8.41. The third-order valence-electron chi connectivity index (χ3n) is 3.74. The molecule has 0 amide bonds. The van der Waals surface area contributed by atoms with Gasteiger partial charge in [0, 0.05) is 16.2 Å². The Balaban J connectivity index is 2.02. The molecule has 0 radical (unpaired) electrons. The van der Waals surface area contributed by atoms with E-state index in [9.17, 15) is 0 Å². The van der Waals surface area contributed by atoms with E-state index in [1.165, 1.54) is 0 Å². The number of hydrogen-bond donors (Lipinski definition) is 1. The van der Waals surface area contributed by atoms with Crippen LogP contribution in [-0.4, -0.2) is 25.5 Å². The summed E-state index contributed by atoms with van der Waals surface area (Å²) in [6, 6.07) is 11.8. The van der Waals surface area contributed by atoms with E-state index in [2.05, 4.69) is 31.1 Å². The molecule has 1 aromatic carbocycles. The molecule has 0 saturated carbocycles. The number of aromatic nitrogens is 4. The van der Waals surface area contributed by atoms with Gasteiger partial charge in [0.1, 0.15) is 6.54 Å². The topological polar surface area (TPSA) is 82.0 Å². The second kappa shape index (κ2) is 5.68. The van der Waals surface area contributed by atoms with Crippen LogP contribution in [0.3, 0.4) is 0 Å². The summed E-state index contributed by atoms with van der Waals surface area (Å²) in [4.78, 5) is 9.20. The van der Waals surface area contributed by atoms with Crippen LogP contribution in [0.4, 0.5) is 0 Å². The van der Waals surface area contributed by atoms with Crippen molar-refractivity contribution in [3.63, 3.8) is 0 Å². The van der Waals surface area contributed by atoms with Gasteiger partial charge < -0.3 is 5.73 Å². The lowest BCUT2D eigenvalue weighted by Gasteiger charge is -2.14. The van der Waals surface area contributed by atoms with Gasteiger partial charge in [-0.2, -0.15) is 0 Å². The zero-order valence-electron chi connectivity index (χ0n) is 12.1. The smallest absolute Gasteiger partial charge is 0.159 e. The minimum absolute atomic E-state index is 0.317. The molecule has 0 aliphatic carbocycles. The van der Waals surface area contributed by atoms with Crippen LogP contribution in [0.2, 0.25) is 0 Å². The van der Waals surface area contributed by atoms with Crippen molar-refractivity contribution in [3.05, 3.63) is 70.0 Å². The average Bonchev–Trinajstić information content (AvgIpc) is 2.92. The van der Waals surface area contributed by atoms with Crippen molar-refractivity contribution >= 4 is 21.6 Å². The molecule has 0 atom stereocenters. The fourth-order valence-electron chi connectivity index (χ4n) is 2.74. The fraction of sp³-hybridized carbons (Fsp3) is 0.125. The molecule has 1 aliphatic rings. The van der Waals surface area contributed by atoms with E-state index in [1.807, 2.05) is 41.0 Å². The Bertz CT molecular complexity index is 900. The Morgan fingerprint density at radius 3 is 2.83 bits per heavy atom. The van der Waals surface area contributed by atoms with Gasteiger partial charge in [-0.15, -0.1) is 10.2 Å². The highest BCUT2D eigenvalue weighted by atomic mass is 79.9. The standard InChI is InChI=1S/C16H13BrN6/c17-10-4-3-6-12-15(10)16(11-5-1-2-7-19-11)20-9-14-22-21-13(8-18)23(12)14/h1-7H,8-9,18H2. The monoisotopic (exact) mass is 368 g/mol. The quantitative estimate of drug-likeness (QED) is 0.751. The molecule has 3 aromatic rings. The highest BCUT2D eigenvalue weighted by molar-refractivity contribution is 9.10. The maximum absolute atomic E-state index is 5.83. The molecule has 0 spiro atoms. The highest BCUT2D eigenvalue weighted by Crippen LogP contribution is 2.30. The maximum atomic E-state index is 5.83. The Morgan fingerprint density at radius 1 is 1.13 bits per heavy atom.